The van der Waals surface area contributed by atoms with Gasteiger partial charge in [0.2, 0.25) is 10.0 Å². The number of hydrogen-bond acceptors (Lipinski definition) is 5. The van der Waals surface area contributed by atoms with Crippen LogP contribution in [0.15, 0.2) is 23.1 Å². The summed E-state index contributed by atoms with van der Waals surface area (Å²) >= 11 is 0. The van der Waals surface area contributed by atoms with Crippen LogP contribution in [0.25, 0.3) is 0 Å². The largest absolute Gasteiger partial charge is 0.495 e. The van der Waals surface area contributed by atoms with E-state index in [4.69, 9.17) is 4.74 Å². The number of nitrogens with zero attached hydrogens (tertiary/aromatic N) is 1. The quantitative estimate of drug-likeness (QED) is 0.796. The van der Waals surface area contributed by atoms with Crippen LogP contribution < -0.4 is 4.74 Å². The lowest BCUT2D eigenvalue weighted by molar-refractivity contribution is 0.398. The number of sulfonamides is 1. The summed E-state index contributed by atoms with van der Waals surface area (Å²) in [6.45, 7) is 2.15. The van der Waals surface area contributed by atoms with Crippen molar-refractivity contribution >= 4 is 19.9 Å². The van der Waals surface area contributed by atoms with Crippen molar-refractivity contribution in [2.75, 3.05) is 26.5 Å². The minimum atomic E-state index is -3.76. The van der Waals surface area contributed by atoms with E-state index < -0.39 is 25.1 Å². The van der Waals surface area contributed by atoms with E-state index in [0.717, 1.165) is 11.8 Å². The van der Waals surface area contributed by atoms with Gasteiger partial charge in [-0.25, -0.2) is 16.8 Å². The third kappa shape index (κ3) is 3.28. The van der Waals surface area contributed by atoms with E-state index in [1.165, 1.54) is 11.4 Å². The summed E-state index contributed by atoms with van der Waals surface area (Å²) in [4.78, 5) is 0.100. The average Bonchev–Trinajstić information content (AvgIpc) is 2.97. The first-order chi connectivity index (χ1) is 10.2. The number of hydrogen-bond donors (Lipinski definition) is 0. The lowest BCUT2D eigenvalue weighted by Crippen LogP contribution is -2.32. The Hall–Kier alpha value is -1.12. The van der Waals surface area contributed by atoms with Crippen LogP contribution in [0, 0.1) is 0 Å². The number of benzene rings is 1. The summed E-state index contributed by atoms with van der Waals surface area (Å²) in [5, 5.41) is -0.636. The Labute approximate surface area is 132 Å². The lowest BCUT2D eigenvalue weighted by atomic mass is 10.2. The molecule has 124 valence electrons. The normalized spacial score (nSPS) is 20.2. The summed E-state index contributed by atoms with van der Waals surface area (Å²) < 4.78 is 55.2. The average molecular weight is 347 g/mol. The zero-order chi connectivity index (χ0) is 16.5. The molecule has 0 radical (unpaired) electrons. The molecule has 0 aliphatic carbocycles. The highest BCUT2D eigenvalue weighted by molar-refractivity contribution is 7.91. The van der Waals surface area contributed by atoms with E-state index >= 15 is 0 Å². The maximum Gasteiger partial charge on any atom is 0.246 e. The minimum absolute atomic E-state index is 0.000668. The van der Waals surface area contributed by atoms with Crippen molar-refractivity contribution in [2.24, 2.45) is 0 Å². The fourth-order valence-electron chi connectivity index (χ4n) is 2.55. The highest BCUT2D eigenvalue weighted by Crippen LogP contribution is 2.31. The molecule has 2 rings (SSSR count). The van der Waals surface area contributed by atoms with Crippen molar-refractivity contribution in [3.8, 4) is 5.75 Å². The van der Waals surface area contributed by atoms with Gasteiger partial charge in [0, 0.05) is 19.3 Å². The summed E-state index contributed by atoms with van der Waals surface area (Å²) in [5.41, 5.74) is 0.887. The molecule has 1 fully saturated rings. The number of sulfone groups is 1. The number of rotatable bonds is 5. The van der Waals surface area contributed by atoms with Crippen molar-refractivity contribution < 1.29 is 21.6 Å². The van der Waals surface area contributed by atoms with E-state index in [1.54, 1.807) is 12.1 Å². The number of methoxy groups -OCH3 is 1. The van der Waals surface area contributed by atoms with Crippen LogP contribution in [0.3, 0.4) is 0 Å². The van der Waals surface area contributed by atoms with E-state index in [1.807, 2.05) is 13.0 Å². The molecule has 1 aliphatic heterocycles. The molecule has 1 atom stereocenters. The van der Waals surface area contributed by atoms with Gasteiger partial charge < -0.3 is 4.74 Å². The molecule has 0 saturated carbocycles. The second-order valence-electron chi connectivity index (χ2n) is 5.44. The Morgan fingerprint density at radius 3 is 2.45 bits per heavy atom. The van der Waals surface area contributed by atoms with Gasteiger partial charge in [-0.15, -0.1) is 0 Å². The highest BCUT2D eigenvalue weighted by atomic mass is 32.2. The fourth-order valence-corrected chi connectivity index (χ4v) is 5.33. The SMILES string of the molecule is CCc1ccc(OC)c(S(=O)(=O)N2CCC(S(C)(=O)=O)C2)c1. The van der Waals surface area contributed by atoms with Gasteiger partial charge in [-0.1, -0.05) is 13.0 Å². The van der Waals surface area contributed by atoms with Crippen LogP contribution in [0.2, 0.25) is 0 Å². The monoisotopic (exact) mass is 347 g/mol. The molecule has 8 heteroatoms. The minimum Gasteiger partial charge on any atom is -0.495 e. The number of aryl methyl sites for hydroxylation is 1. The van der Waals surface area contributed by atoms with E-state index in [2.05, 4.69) is 0 Å². The third-order valence-corrected chi connectivity index (χ3v) is 7.45. The Morgan fingerprint density at radius 2 is 1.95 bits per heavy atom. The maximum atomic E-state index is 12.8. The molecule has 0 N–H and O–H groups in total. The molecule has 1 saturated heterocycles. The summed E-state index contributed by atoms with van der Waals surface area (Å²) in [7, 11) is -5.59. The molecular weight excluding hydrogens is 326 g/mol. The Bertz CT molecular complexity index is 755. The zero-order valence-electron chi connectivity index (χ0n) is 12.9. The van der Waals surface area contributed by atoms with Gasteiger partial charge in [0.15, 0.2) is 9.84 Å². The lowest BCUT2D eigenvalue weighted by Gasteiger charge is -2.18. The maximum absolute atomic E-state index is 12.8. The molecular formula is C14H21NO5S2. The van der Waals surface area contributed by atoms with Crippen LogP contribution in [0.4, 0.5) is 0 Å². The third-order valence-electron chi connectivity index (χ3n) is 3.97. The first kappa shape index (κ1) is 17.2. The smallest absolute Gasteiger partial charge is 0.246 e. The van der Waals surface area contributed by atoms with Gasteiger partial charge in [0.1, 0.15) is 10.6 Å². The van der Waals surface area contributed by atoms with Crippen molar-refractivity contribution in [2.45, 2.75) is 29.9 Å². The molecule has 1 aliphatic rings. The van der Waals surface area contributed by atoms with Gasteiger partial charge in [-0.3, -0.25) is 0 Å². The van der Waals surface area contributed by atoms with Crippen LogP contribution in [-0.4, -0.2) is 52.8 Å². The van der Waals surface area contributed by atoms with Gasteiger partial charge >= 0.3 is 0 Å². The van der Waals surface area contributed by atoms with Crippen molar-refractivity contribution in [3.63, 3.8) is 0 Å². The van der Waals surface area contributed by atoms with Crippen molar-refractivity contribution in [1.29, 1.82) is 0 Å². The van der Waals surface area contributed by atoms with E-state index in [9.17, 15) is 16.8 Å². The predicted octanol–water partition coefficient (Wildman–Crippen LogP) is 1.07. The standard InChI is InChI=1S/C14H21NO5S2/c1-4-11-5-6-13(20-2)14(9-11)22(18,19)15-8-7-12(10-15)21(3,16)17/h5-6,9,12H,4,7-8,10H2,1-3H3. The molecule has 0 amide bonds. The van der Waals surface area contributed by atoms with Crippen LogP contribution >= 0.6 is 0 Å². The molecule has 0 spiro atoms. The van der Waals surface area contributed by atoms with E-state index in [-0.39, 0.29) is 23.7 Å². The molecule has 1 heterocycles. The van der Waals surface area contributed by atoms with Crippen LogP contribution in [0.5, 0.6) is 5.75 Å². The molecule has 6 nitrogen and oxygen atoms in total. The second-order valence-corrected chi connectivity index (χ2v) is 9.67. The topological polar surface area (TPSA) is 80.8 Å². The van der Waals surface area contributed by atoms with Crippen LogP contribution in [-0.2, 0) is 26.3 Å². The van der Waals surface area contributed by atoms with Gasteiger partial charge in [-0.2, -0.15) is 4.31 Å². The predicted molar refractivity (Wildman–Crippen MR) is 84.4 cm³/mol. The van der Waals surface area contributed by atoms with Crippen LogP contribution in [0.1, 0.15) is 18.9 Å². The van der Waals surface area contributed by atoms with Gasteiger partial charge in [0.25, 0.3) is 0 Å². The summed E-state index contributed by atoms with van der Waals surface area (Å²) in [6.07, 6.45) is 2.18. The molecule has 1 unspecified atom stereocenters. The molecule has 1 aromatic carbocycles. The summed E-state index contributed by atoms with van der Waals surface area (Å²) in [5.74, 6) is 0.278. The molecule has 1 aromatic rings. The Balaban J connectivity index is 2.40. The number of ether oxygens (including phenoxy) is 1. The van der Waals surface area contributed by atoms with E-state index in [0.29, 0.717) is 12.8 Å². The first-order valence-electron chi connectivity index (χ1n) is 7.06. The second kappa shape index (κ2) is 6.17. The molecule has 22 heavy (non-hydrogen) atoms. The first-order valence-corrected chi connectivity index (χ1v) is 10.5. The fraction of sp³-hybridized carbons (Fsp3) is 0.571. The van der Waals surface area contributed by atoms with Crippen molar-refractivity contribution in [1.82, 2.24) is 4.31 Å². The van der Waals surface area contributed by atoms with Gasteiger partial charge in [0.05, 0.1) is 12.4 Å². The zero-order valence-corrected chi connectivity index (χ0v) is 14.6. The molecule has 0 aromatic heterocycles. The van der Waals surface area contributed by atoms with Crippen molar-refractivity contribution in [3.05, 3.63) is 23.8 Å². The summed E-state index contributed by atoms with van der Waals surface area (Å²) in [6, 6.07) is 5.05. The Morgan fingerprint density at radius 1 is 1.27 bits per heavy atom. The van der Waals surface area contributed by atoms with Gasteiger partial charge in [-0.05, 0) is 30.5 Å². The highest BCUT2D eigenvalue weighted by Gasteiger charge is 2.38. The molecule has 0 bridgehead atoms. The Kier molecular flexibility index (Phi) is 4.84.